The highest BCUT2D eigenvalue weighted by molar-refractivity contribution is 7.99. The molecule has 1 unspecified atom stereocenters. The lowest BCUT2D eigenvalue weighted by Crippen LogP contribution is -2.59. The topological polar surface area (TPSA) is 55.1 Å². The number of rotatable bonds is 9. The van der Waals surface area contributed by atoms with E-state index < -0.39 is 5.54 Å². The van der Waals surface area contributed by atoms with Crippen molar-refractivity contribution in [2.24, 2.45) is 17.6 Å². The van der Waals surface area contributed by atoms with Gasteiger partial charge < -0.3 is 11.1 Å². The molecule has 2 saturated carbocycles. The van der Waals surface area contributed by atoms with Crippen molar-refractivity contribution >= 4 is 17.7 Å². The van der Waals surface area contributed by atoms with Crippen molar-refractivity contribution < 1.29 is 4.79 Å². The van der Waals surface area contributed by atoms with Crippen LogP contribution in [0.4, 0.5) is 0 Å². The Labute approximate surface area is 121 Å². The summed E-state index contributed by atoms with van der Waals surface area (Å²) in [6.45, 7) is 3.03. The van der Waals surface area contributed by atoms with Crippen LogP contribution in [0.1, 0.15) is 51.9 Å². The second-order valence-electron chi connectivity index (χ2n) is 6.20. The van der Waals surface area contributed by atoms with Gasteiger partial charge in [0.05, 0.1) is 0 Å². The van der Waals surface area contributed by atoms with Crippen LogP contribution in [0.2, 0.25) is 0 Å². The summed E-state index contributed by atoms with van der Waals surface area (Å²) in [7, 11) is 0. The van der Waals surface area contributed by atoms with Crippen LogP contribution >= 0.6 is 11.8 Å². The van der Waals surface area contributed by atoms with E-state index >= 15 is 0 Å². The van der Waals surface area contributed by atoms with Crippen molar-refractivity contribution in [2.75, 3.05) is 18.1 Å². The predicted molar refractivity (Wildman–Crippen MR) is 82.2 cm³/mol. The molecule has 3 N–H and O–H groups in total. The molecule has 0 aromatic carbocycles. The van der Waals surface area contributed by atoms with Gasteiger partial charge in [-0.1, -0.05) is 19.8 Å². The molecule has 2 aliphatic carbocycles. The third-order valence-corrected chi connectivity index (χ3v) is 5.93. The molecule has 0 bridgehead atoms. The summed E-state index contributed by atoms with van der Waals surface area (Å²) >= 11 is 1.94. The van der Waals surface area contributed by atoms with E-state index in [4.69, 9.17) is 5.73 Å². The third-order valence-electron chi connectivity index (χ3n) is 4.56. The molecule has 0 aromatic rings. The van der Waals surface area contributed by atoms with Crippen LogP contribution in [0.15, 0.2) is 0 Å². The number of amides is 1. The number of nitrogens with one attached hydrogen (secondary N) is 1. The fourth-order valence-corrected chi connectivity index (χ4v) is 4.75. The van der Waals surface area contributed by atoms with E-state index in [0.29, 0.717) is 5.92 Å². The van der Waals surface area contributed by atoms with Crippen molar-refractivity contribution in [3.63, 3.8) is 0 Å². The molecule has 19 heavy (non-hydrogen) atoms. The SMILES string of the molecule is CCCNC(CSCC1CCCC1)(C(N)=O)C1CC1. The highest BCUT2D eigenvalue weighted by atomic mass is 32.2. The van der Waals surface area contributed by atoms with Gasteiger partial charge in [0.25, 0.3) is 0 Å². The van der Waals surface area contributed by atoms with Crippen LogP contribution in [0.25, 0.3) is 0 Å². The Hall–Kier alpha value is -0.220. The molecule has 1 atom stereocenters. The standard InChI is InChI=1S/C15H28N2OS/c1-2-9-17-15(14(16)18,13-7-8-13)11-19-10-12-5-3-4-6-12/h12-13,17H,2-11H2,1H3,(H2,16,18). The largest absolute Gasteiger partial charge is 0.368 e. The molecule has 0 aliphatic heterocycles. The first-order valence-corrected chi connectivity index (χ1v) is 8.97. The molecule has 4 heteroatoms. The number of hydrogen-bond acceptors (Lipinski definition) is 3. The van der Waals surface area contributed by atoms with E-state index in [0.717, 1.165) is 37.5 Å². The summed E-state index contributed by atoms with van der Waals surface area (Å²) in [4.78, 5) is 12.0. The molecule has 2 fully saturated rings. The van der Waals surface area contributed by atoms with Gasteiger partial charge in [-0.25, -0.2) is 0 Å². The average molecular weight is 284 g/mol. The molecule has 2 aliphatic rings. The van der Waals surface area contributed by atoms with Crippen LogP contribution in [-0.4, -0.2) is 29.5 Å². The minimum absolute atomic E-state index is 0.137. The highest BCUT2D eigenvalue weighted by Crippen LogP contribution is 2.42. The summed E-state index contributed by atoms with van der Waals surface area (Å²) in [6.07, 6.45) is 8.90. The smallest absolute Gasteiger partial charge is 0.238 e. The van der Waals surface area contributed by atoms with Crippen LogP contribution in [0.5, 0.6) is 0 Å². The first-order valence-electron chi connectivity index (χ1n) is 7.81. The molecule has 2 rings (SSSR count). The van der Waals surface area contributed by atoms with Crippen molar-refractivity contribution in [2.45, 2.75) is 57.4 Å². The van der Waals surface area contributed by atoms with Gasteiger partial charge in [0.1, 0.15) is 5.54 Å². The first kappa shape index (κ1) is 15.2. The Kier molecular flexibility index (Phi) is 5.58. The molecule has 1 amide bonds. The average Bonchev–Trinajstić information content (AvgIpc) is 3.11. The molecular weight excluding hydrogens is 256 g/mol. The van der Waals surface area contributed by atoms with E-state index in [1.165, 1.54) is 31.4 Å². The second-order valence-corrected chi connectivity index (χ2v) is 7.23. The lowest BCUT2D eigenvalue weighted by atomic mass is 9.94. The maximum Gasteiger partial charge on any atom is 0.238 e. The quantitative estimate of drug-likeness (QED) is 0.684. The zero-order valence-corrected chi connectivity index (χ0v) is 12.9. The molecule has 0 radical (unpaired) electrons. The zero-order chi connectivity index (χ0) is 13.7. The summed E-state index contributed by atoms with van der Waals surface area (Å²) < 4.78 is 0. The van der Waals surface area contributed by atoms with Crippen LogP contribution in [0, 0.1) is 11.8 Å². The van der Waals surface area contributed by atoms with Crippen molar-refractivity contribution in [1.29, 1.82) is 0 Å². The van der Waals surface area contributed by atoms with Gasteiger partial charge in [-0.2, -0.15) is 11.8 Å². The number of primary amides is 1. The van der Waals surface area contributed by atoms with Gasteiger partial charge in [-0.3, -0.25) is 4.79 Å². The maximum atomic E-state index is 12.0. The van der Waals surface area contributed by atoms with Crippen molar-refractivity contribution in [3.05, 3.63) is 0 Å². The number of nitrogens with two attached hydrogens (primary N) is 1. The Bertz CT molecular complexity index is 301. The van der Waals surface area contributed by atoms with Gasteiger partial charge in [-0.15, -0.1) is 0 Å². The minimum Gasteiger partial charge on any atom is -0.368 e. The van der Waals surface area contributed by atoms with Crippen LogP contribution in [0.3, 0.4) is 0 Å². The lowest BCUT2D eigenvalue weighted by molar-refractivity contribution is -0.124. The second kappa shape index (κ2) is 6.98. The fraction of sp³-hybridized carbons (Fsp3) is 0.933. The van der Waals surface area contributed by atoms with E-state index in [-0.39, 0.29) is 5.91 Å². The van der Waals surface area contributed by atoms with E-state index in [2.05, 4.69) is 12.2 Å². The Morgan fingerprint density at radius 1 is 1.32 bits per heavy atom. The number of carbonyl (C=O) groups excluding carboxylic acids is 1. The van der Waals surface area contributed by atoms with Gasteiger partial charge in [0.15, 0.2) is 0 Å². The molecule has 0 saturated heterocycles. The van der Waals surface area contributed by atoms with E-state index in [1.54, 1.807) is 0 Å². The zero-order valence-electron chi connectivity index (χ0n) is 12.1. The van der Waals surface area contributed by atoms with Gasteiger partial charge in [0, 0.05) is 5.75 Å². The molecule has 110 valence electrons. The van der Waals surface area contributed by atoms with Crippen molar-refractivity contribution in [3.8, 4) is 0 Å². The van der Waals surface area contributed by atoms with Crippen LogP contribution in [-0.2, 0) is 4.79 Å². The molecule has 0 aromatic heterocycles. The molecule has 0 heterocycles. The number of hydrogen-bond donors (Lipinski definition) is 2. The Morgan fingerprint density at radius 3 is 2.53 bits per heavy atom. The normalized spacial score (nSPS) is 23.4. The van der Waals surface area contributed by atoms with Gasteiger partial charge in [0.2, 0.25) is 5.91 Å². The van der Waals surface area contributed by atoms with Crippen molar-refractivity contribution in [1.82, 2.24) is 5.32 Å². The lowest BCUT2D eigenvalue weighted by Gasteiger charge is -2.32. The monoisotopic (exact) mass is 284 g/mol. The minimum atomic E-state index is -0.431. The number of thioether (sulfide) groups is 1. The van der Waals surface area contributed by atoms with Crippen LogP contribution < -0.4 is 11.1 Å². The third kappa shape index (κ3) is 3.88. The van der Waals surface area contributed by atoms with E-state index in [9.17, 15) is 4.79 Å². The summed E-state index contributed by atoms with van der Waals surface area (Å²) in [5.74, 6) is 3.29. The van der Waals surface area contributed by atoms with E-state index in [1.807, 2.05) is 11.8 Å². The number of carbonyl (C=O) groups is 1. The Balaban J connectivity index is 1.86. The Morgan fingerprint density at radius 2 is 2.00 bits per heavy atom. The van der Waals surface area contributed by atoms with Gasteiger partial charge in [-0.05, 0) is 56.2 Å². The maximum absolute atomic E-state index is 12.0. The summed E-state index contributed by atoms with van der Waals surface area (Å²) in [5.41, 5.74) is 5.30. The molecular formula is C15H28N2OS. The first-order chi connectivity index (χ1) is 9.19. The molecule has 3 nitrogen and oxygen atoms in total. The molecule has 0 spiro atoms. The van der Waals surface area contributed by atoms with Gasteiger partial charge >= 0.3 is 0 Å². The summed E-state index contributed by atoms with van der Waals surface area (Å²) in [5, 5.41) is 3.47. The predicted octanol–water partition coefficient (Wildman–Crippen LogP) is 2.54. The summed E-state index contributed by atoms with van der Waals surface area (Å²) in [6, 6.07) is 0. The fourth-order valence-electron chi connectivity index (χ4n) is 3.16. The highest BCUT2D eigenvalue weighted by Gasteiger charge is 2.49.